The Labute approximate surface area is 89.7 Å². The average molecular weight is 234 g/mol. The summed E-state index contributed by atoms with van der Waals surface area (Å²) in [5.41, 5.74) is 0. The van der Waals surface area contributed by atoms with Crippen molar-refractivity contribution in [1.82, 2.24) is 10.2 Å². The number of aliphatic carboxylic acids is 1. The van der Waals surface area contributed by atoms with Crippen molar-refractivity contribution in [2.75, 3.05) is 17.8 Å². The number of nitrogens with zero attached hydrogens (tertiary/aromatic N) is 2. The van der Waals surface area contributed by atoms with Gasteiger partial charge in [-0.1, -0.05) is 11.8 Å². The lowest BCUT2D eigenvalue weighted by molar-refractivity contribution is -0.133. The van der Waals surface area contributed by atoms with Crippen molar-refractivity contribution in [3.05, 3.63) is 5.89 Å². The van der Waals surface area contributed by atoms with Crippen molar-refractivity contribution in [3.63, 3.8) is 0 Å². The maximum absolute atomic E-state index is 10.2. The quantitative estimate of drug-likeness (QED) is 0.740. The van der Waals surface area contributed by atoms with Crippen LogP contribution in [0.1, 0.15) is 5.89 Å². The molecule has 78 valence electrons. The van der Waals surface area contributed by atoms with E-state index in [2.05, 4.69) is 10.2 Å². The predicted molar refractivity (Wildman–Crippen MR) is 54.7 cm³/mol. The van der Waals surface area contributed by atoms with Gasteiger partial charge in [0.15, 0.2) is 0 Å². The topological polar surface area (TPSA) is 76.2 Å². The molecule has 0 atom stereocenters. The number of aromatic nitrogens is 2. The molecule has 7 heteroatoms. The normalized spacial score (nSPS) is 10.4. The maximum atomic E-state index is 10.2. The fourth-order valence-corrected chi connectivity index (χ4v) is 1.59. The molecule has 0 fully saturated rings. The number of rotatable bonds is 6. The van der Waals surface area contributed by atoms with Gasteiger partial charge < -0.3 is 9.52 Å². The van der Waals surface area contributed by atoms with E-state index in [1.54, 1.807) is 11.8 Å². The van der Waals surface area contributed by atoms with E-state index in [1.807, 2.05) is 6.26 Å². The van der Waals surface area contributed by atoms with Gasteiger partial charge in [-0.25, -0.2) is 0 Å². The molecule has 14 heavy (non-hydrogen) atoms. The second-order valence-corrected chi connectivity index (χ2v) is 4.30. The minimum Gasteiger partial charge on any atom is -0.481 e. The van der Waals surface area contributed by atoms with Gasteiger partial charge in [0.1, 0.15) is 5.75 Å². The second-order valence-electron chi connectivity index (χ2n) is 2.39. The molecule has 1 heterocycles. The molecule has 1 aromatic rings. The predicted octanol–water partition coefficient (Wildman–Crippen LogP) is 1.15. The van der Waals surface area contributed by atoms with Crippen LogP contribution in [0.15, 0.2) is 9.64 Å². The molecule has 0 saturated carbocycles. The Balaban J connectivity index is 2.38. The van der Waals surface area contributed by atoms with Crippen LogP contribution in [-0.4, -0.2) is 39.0 Å². The summed E-state index contributed by atoms with van der Waals surface area (Å²) in [6.45, 7) is 0. The van der Waals surface area contributed by atoms with Crippen molar-refractivity contribution >= 4 is 29.5 Å². The van der Waals surface area contributed by atoms with Crippen LogP contribution in [0.5, 0.6) is 0 Å². The zero-order chi connectivity index (χ0) is 10.4. The van der Waals surface area contributed by atoms with Crippen LogP contribution in [0, 0.1) is 0 Å². The van der Waals surface area contributed by atoms with Crippen LogP contribution in [0.25, 0.3) is 0 Å². The molecule has 0 aliphatic rings. The third-order valence-corrected chi connectivity index (χ3v) is 2.70. The maximum Gasteiger partial charge on any atom is 0.314 e. The smallest absolute Gasteiger partial charge is 0.314 e. The van der Waals surface area contributed by atoms with Crippen LogP contribution in [-0.2, 0) is 11.2 Å². The molecule has 0 aliphatic carbocycles. The van der Waals surface area contributed by atoms with Crippen molar-refractivity contribution < 1.29 is 14.3 Å². The first-order valence-corrected chi connectivity index (χ1v) is 6.26. The van der Waals surface area contributed by atoms with Gasteiger partial charge in [-0.05, 0) is 6.26 Å². The van der Waals surface area contributed by atoms with Crippen molar-refractivity contribution in [1.29, 1.82) is 0 Å². The zero-order valence-electron chi connectivity index (χ0n) is 7.60. The summed E-state index contributed by atoms with van der Waals surface area (Å²) in [6.07, 6.45) is 2.72. The largest absolute Gasteiger partial charge is 0.481 e. The van der Waals surface area contributed by atoms with Gasteiger partial charge in [0.05, 0.1) is 0 Å². The molecule has 0 bridgehead atoms. The molecule has 5 nitrogen and oxygen atoms in total. The summed E-state index contributed by atoms with van der Waals surface area (Å²) in [6, 6.07) is 0. The number of aryl methyl sites for hydroxylation is 1. The van der Waals surface area contributed by atoms with Gasteiger partial charge in [-0.15, -0.1) is 10.2 Å². The number of thioether (sulfide) groups is 2. The van der Waals surface area contributed by atoms with Crippen LogP contribution < -0.4 is 0 Å². The lowest BCUT2D eigenvalue weighted by Crippen LogP contribution is -1.97. The summed E-state index contributed by atoms with van der Waals surface area (Å²) in [7, 11) is 0. The number of carboxylic acids is 1. The van der Waals surface area contributed by atoms with Crippen LogP contribution in [0.4, 0.5) is 0 Å². The Bertz CT molecular complexity index is 303. The van der Waals surface area contributed by atoms with Crippen LogP contribution >= 0.6 is 23.5 Å². The lowest BCUT2D eigenvalue weighted by Gasteiger charge is -1.90. The first-order valence-electron chi connectivity index (χ1n) is 3.88. The van der Waals surface area contributed by atoms with Crippen LogP contribution in [0.2, 0.25) is 0 Å². The van der Waals surface area contributed by atoms with E-state index >= 15 is 0 Å². The van der Waals surface area contributed by atoms with E-state index in [9.17, 15) is 4.79 Å². The van der Waals surface area contributed by atoms with Crippen molar-refractivity contribution in [3.8, 4) is 0 Å². The molecule has 0 unspecified atom stereocenters. The van der Waals surface area contributed by atoms with E-state index in [-0.39, 0.29) is 5.75 Å². The Kier molecular flexibility index (Phi) is 4.81. The lowest BCUT2D eigenvalue weighted by atomic mass is 10.5. The first kappa shape index (κ1) is 11.4. The Morgan fingerprint density at radius 3 is 3.00 bits per heavy atom. The highest BCUT2D eigenvalue weighted by atomic mass is 32.2. The molecule has 0 radical (unpaired) electrons. The van der Waals surface area contributed by atoms with Gasteiger partial charge in [0.25, 0.3) is 5.22 Å². The Morgan fingerprint density at radius 2 is 2.36 bits per heavy atom. The fraction of sp³-hybridized carbons (Fsp3) is 0.571. The number of hydrogen-bond donors (Lipinski definition) is 1. The first-order chi connectivity index (χ1) is 6.72. The van der Waals surface area contributed by atoms with E-state index in [1.165, 1.54) is 0 Å². The van der Waals surface area contributed by atoms with Crippen molar-refractivity contribution in [2.24, 2.45) is 0 Å². The summed E-state index contributed by atoms with van der Waals surface area (Å²) < 4.78 is 5.20. The minimum absolute atomic E-state index is 0.0514. The fourth-order valence-electron chi connectivity index (χ4n) is 0.710. The highest BCUT2D eigenvalue weighted by Gasteiger charge is 2.07. The summed E-state index contributed by atoms with van der Waals surface area (Å²) in [5.74, 6) is 0.543. The Morgan fingerprint density at radius 1 is 1.57 bits per heavy atom. The Hall–Kier alpha value is -0.690. The molecule has 1 rings (SSSR count). The monoisotopic (exact) mass is 234 g/mol. The molecule has 1 aromatic heterocycles. The minimum atomic E-state index is -0.890. The molecule has 0 aromatic carbocycles. The third-order valence-electron chi connectivity index (χ3n) is 1.29. The molecule has 0 spiro atoms. The van der Waals surface area contributed by atoms with Gasteiger partial charge in [0, 0.05) is 12.2 Å². The van der Waals surface area contributed by atoms with E-state index < -0.39 is 5.97 Å². The summed E-state index contributed by atoms with van der Waals surface area (Å²) >= 11 is 2.73. The second kappa shape index (κ2) is 5.92. The molecule has 0 amide bonds. The zero-order valence-corrected chi connectivity index (χ0v) is 9.23. The number of hydrogen-bond acceptors (Lipinski definition) is 6. The highest BCUT2D eigenvalue weighted by Crippen LogP contribution is 2.16. The molecular formula is C7H10N2O3S2. The van der Waals surface area contributed by atoms with E-state index in [0.29, 0.717) is 11.1 Å². The van der Waals surface area contributed by atoms with Crippen molar-refractivity contribution in [2.45, 2.75) is 11.6 Å². The van der Waals surface area contributed by atoms with Gasteiger partial charge >= 0.3 is 5.97 Å². The average Bonchev–Trinajstić information content (AvgIpc) is 2.59. The molecule has 0 saturated heterocycles. The molecular weight excluding hydrogens is 224 g/mol. The standard InChI is InChI=1S/C7H10N2O3S2/c1-13-3-2-5-8-9-7(12-5)14-4-6(10)11/h2-4H2,1H3,(H,10,11). The van der Waals surface area contributed by atoms with E-state index in [4.69, 9.17) is 9.52 Å². The van der Waals surface area contributed by atoms with E-state index in [0.717, 1.165) is 23.9 Å². The van der Waals surface area contributed by atoms with Gasteiger partial charge in [-0.2, -0.15) is 11.8 Å². The summed E-state index contributed by atoms with van der Waals surface area (Å²) in [5, 5.41) is 16.2. The SMILES string of the molecule is CSCCc1nnc(SCC(=O)O)o1. The molecule has 1 N–H and O–H groups in total. The van der Waals surface area contributed by atoms with Gasteiger partial charge in [0.2, 0.25) is 5.89 Å². The van der Waals surface area contributed by atoms with Gasteiger partial charge in [-0.3, -0.25) is 4.79 Å². The molecule has 0 aliphatic heterocycles. The third kappa shape index (κ3) is 4.01. The highest BCUT2D eigenvalue weighted by molar-refractivity contribution is 7.99. The number of carbonyl (C=O) groups is 1. The number of carboxylic acid groups (broad SMARTS) is 1. The van der Waals surface area contributed by atoms with Crippen LogP contribution in [0.3, 0.4) is 0 Å². The summed E-state index contributed by atoms with van der Waals surface area (Å²) in [4.78, 5) is 10.2.